The van der Waals surface area contributed by atoms with Gasteiger partial charge >= 0.3 is 0 Å². The molecule has 1 saturated heterocycles. The normalized spacial score (nSPS) is 15.4. The molecule has 1 aliphatic heterocycles. The summed E-state index contributed by atoms with van der Waals surface area (Å²) < 4.78 is 27.2. The van der Waals surface area contributed by atoms with Crippen molar-refractivity contribution in [1.29, 1.82) is 5.26 Å². The number of rotatable bonds is 8. The van der Waals surface area contributed by atoms with Gasteiger partial charge in [0, 0.05) is 37.1 Å². The number of sulfonamides is 1. The summed E-state index contributed by atoms with van der Waals surface area (Å²) in [6.07, 6.45) is 0.965. The predicted molar refractivity (Wildman–Crippen MR) is 123 cm³/mol. The average Bonchev–Trinajstić information content (AvgIpc) is 2.80. The third-order valence-electron chi connectivity index (χ3n) is 5.39. The number of amides is 1. The molecule has 0 atom stereocenters. The third kappa shape index (κ3) is 6.10. The van der Waals surface area contributed by atoms with Crippen LogP contribution in [0.4, 0.5) is 0 Å². The van der Waals surface area contributed by atoms with Gasteiger partial charge < -0.3 is 5.32 Å². The molecule has 1 amide bonds. The molecule has 0 unspecified atom stereocenters. The maximum Gasteiger partial charge on any atom is 0.244 e. The standard InChI is InChI=1S/C23H27N3O3S2/c1-18-6-8-19(9-7-18)17-30-15-12-25-23(27)20-10-13-26(14-11-20)31(28,29)22-5-3-2-4-21(22)16-24/h2-9,20H,10-15,17H2,1H3,(H,25,27). The minimum atomic E-state index is -3.73. The molecule has 8 heteroatoms. The topological polar surface area (TPSA) is 90.3 Å². The molecular formula is C23H27N3O3S2. The molecule has 0 radical (unpaired) electrons. The quantitative estimate of drug-likeness (QED) is 0.614. The minimum absolute atomic E-state index is 0.00888. The summed E-state index contributed by atoms with van der Waals surface area (Å²) in [5.41, 5.74) is 2.66. The molecule has 0 aromatic heterocycles. The van der Waals surface area contributed by atoms with Crippen molar-refractivity contribution in [3.63, 3.8) is 0 Å². The van der Waals surface area contributed by atoms with Crippen molar-refractivity contribution in [3.05, 3.63) is 65.2 Å². The molecule has 1 heterocycles. The highest BCUT2D eigenvalue weighted by atomic mass is 32.2. The van der Waals surface area contributed by atoms with Gasteiger partial charge in [0.25, 0.3) is 0 Å². The Balaban J connectivity index is 1.42. The van der Waals surface area contributed by atoms with Crippen LogP contribution in [0.3, 0.4) is 0 Å². The van der Waals surface area contributed by atoms with Crippen LogP contribution in [-0.2, 0) is 20.6 Å². The smallest absolute Gasteiger partial charge is 0.244 e. The number of hydrogen-bond donors (Lipinski definition) is 1. The van der Waals surface area contributed by atoms with Gasteiger partial charge in [-0.15, -0.1) is 0 Å². The second-order valence-corrected chi connectivity index (χ2v) is 10.6. The highest BCUT2D eigenvalue weighted by molar-refractivity contribution is 7.98. The van der Waals surface area contributed by atoms with Gasteiger partial charge in [-0.3, -0.25) is 4.79 Å². The maximum atomic E-state index is 12.9. The van der Waals surface area contributed by atoms with Crippen molar-refractivity contribution in [2.45, 2.75) is 30.4 Å². The van der Waals surface area contributed by atoms with Crippen molar-refractivity contribution in [2.24, 2.45) is 5.92 Å². The molecule has 31 heavy (non-hydrogen) atoms. The van der Waals surface area contributed by atoms with E-state index >= 15 is 0 Å². The lowest BCUT2D eigenvalue weighted by Crippen LogP contribution is -2.43. The number of benzene rings is 2. The van der Waals surface area contributed by atoms with E-state index in [0.29, 0.717) is 19.4 Å². The molecule has 0 spiro atoms. The fourth-order valence-electron chi connectivity index (χ4n) is 3.55. The lowest BCUT2D eigenvalue weighted by atomic mass is 9.97. The van der Waals surface area contributed by atoms with Crippen molar-refractivity contribution in [3.8, 4) is 6.07 Å². The van der Waals surface area contributed by atoms with Gasteiger partial charge in [0.15, 0.2) is 0 Å². The zero-order valence-electron chi connectivity index (χ0n) is 17.6. The first-order chi connectivity index (χ1) is 14.9. The number of hydrogen-bond acceptors (Lipinski definition) is 5. The number of carbonyl (C=O) groups is 1. The van der Waals surface area contributed by atoms with E-state index in [1.165, 1.54) is 27.6 Å². The Hall–Kier alpha value is -2.34. The number of nitrogens with zero attached hydrogens (tertiary/aromatic N) is 2. The zero-order chi connectivity index (χ0) is 22.3. The number of nitriles is 1. The van der Waals surface area contributed by atoms with Crippen molar-refractivity contribution >= 4 is 27.7 Å². The van der Waals surface area contributed by atoms with Gasteiger partial charge in [-0.25, -0.2) is 8.42 Å². The monoisotopic (exact) mass is 457 g/mol. The molecule has 1 fully saturated rings. The lowest BCUT2D eigenvalue weighted by molar-refractivity contribution is -0.125. The van der Waals surface area contributed by atoms with Crippen LogP contribution in [-0.4, -0.2) is 44.0 Å². The number of thioether (sulfide) groups is 1. The molecule has 6 nitrogen and oxygen atoms in total. The first-order valence-corrected chi connectivity index (χ1v) is 12.9. The van der Waals surface area contributed by atoms with Crippen LogP contribution in [0.25, 0.3) is 0 Å². The van der Waals surface area contributed by atoms with E-state index in [9.17, 15) is 18.5 Å². The van der Waals surface area contributed by atoms with E-state index in [2.05, 4.69) is 36.5 Å². The molecule has 0 bridgehead atoms. The minimum Gasteiger partial charge on any atom is -0.355 e. The summed E-state index contributed by atoms with van der Waals surface area (Å²) in [5, 5.41) is 12.2. The first kappa shape index (κ1) is 23.3. The highest BCUT2D eigenvalue weighted by Crippen LogP contribution is 2.25. The summed E-state index contributed by atoms with van der Waals surface area (Å²) in [5.74, 6) is 1.55. The first-order valence-electron chi connectivity index (χ1n) is 10.3. The van der Waals surface area contributed by atoms with E-state index in [0.717, 1.165) is 11.5 Å². The van der Waals surface area contributed by atoms with Crippen LogP contribution in [0.1, 0.15) is 29.5 Å². The lowest BCUT2D eigenvalue weighted by Gasteiger charge is -2.30. The second kappa shape index (κ2) is 10.8. The van der Waals surface area contributed by atoms with Gasteiger partial charge in [-0.2, -0.15) is 21.3 Å². The number of piperidine rings is 1. The van der Waals surface area contributed by atoms with E-state index in [1.54, 1.807) is 23.9 Å². The fourth-order valence-corrected chi connectivity index (χ4v) is 5.98. The molecule has 2 aromatic carbocycles. The second-order valence-electron chi connectivity index (χ2n) is 7.62. The zero-order valence-corrected chi connectivity index (χ0v) is 19.2. The molecule has 164 valence electrons. The summed E-state index contributed by atoms with van der Waals surface area (Å²) in [4.78, 5) is 12.5. The van der Waals surface area contributed by atoms with Crippen LogP contribution < -0.4 is 5.32 Å². The Morgan fingerprint density at radius 1 is 1.16 bits per heavy atom. The average molecular weight is 458 g/mol. The van der Waals surface area contributed by atoms with Crippen molar-refractivity contribution in [2.75, 3.05) is 25.4 Å². The summed E-state index contributed by atoms with van der Waals surface area (Å²) in [7, 11) is -3.73. The van der Waals surface area contributed by atoms with Gasteiger partial charge in [0.05, 0.1) is 10.5 Å². The molecule has 1 N–H and O–H groups in total. The maximum absolute atomic E-state index is 12.9. The third-order valence-corrected chi connectivity index (χ3v) is 8.37. The van der Waals surface area contributed by atoms with Crippen LogP contribution in [0.5, 0.6) is 0 Å². The van der Waals surface area contributed by atoms with Crippen LogP contribution in [0.15, 0.2) is 53.4 Å². The van der Waals surface area contributed by atoms with E-state index in [-0.39, 0.29) is 35.4 Å². The summed E-state index contributed by atoms with van der Waals surface area (Å²) >= 11 is 1.78. The van der Waals surface area contributed by atoms with E-state index in [4.69, 9.17) is 0 Å². The largest absolute Gasteiger partial charge is 0.355 e. The van der Waals surface area contributed by atoms with Gasteiger partial charge in [0.1, 0.15) is 6.07 Å². The van der Waals surface area contributed by atoms with Crippen molar-refractivity contribution < 1.29 is 13.2 Å². The molecule has 1 aliphatic rings. The Morgan fingerprint density at radius 2 is 1.84 bits per heavy atom. The van der Waals surface area contributed by atoms with E-state index in [1.807, 2.05) is 6.07 Å². The SMILES string of the molecule is Cc1ccc(CSCCNC(=O)C2CCN(S(=O)(=O)c3ccccc3C#N)CC2)cc1. The van der Waals surface area contributed by atoms with Gasteiger partial charge in [-0.1, -0.05) is 42.0 Å². The summed E-state index contributed by atoms with van der Waals surface area (Å²) in [6, 6.07) is 16.6. The number of nitrogens with one attached hydrogen (secondary N) is 1. The summed E-state index contributed by atoms with van der Waals surface area (Å²) in [6.45, 7) is 3.23. The molecule has 3 rings (SSSR count). The Kier molecular flexibility index (Phi) is 8.13. The fraction of sp³-hybridized carbons (Fsp3) is 0.391. The molecule has 0 saturated carbocycles. The predicted octanol–water partition coefficient (Wildman–Crippen LogP) is 3.32. The van der Waals surface area contributed by atoms with Crippen LogP contribution in [0, 0.1) is 24.2 Å². The van der Waals surface area contributed by atoms with Crippen molar-refractivity contribution in [1.82, 2.24) is 9.62 Å². The Labute approximate surface area is 188 Å². The number of carbonyl (C=O) groups excluding carboxylic acids is 1. The van der Waals surface area contributed by atoms with Crippen LogP contribution in [0.2, 0.25) is 0 Å². The molecule has 0 aliphatic carbocycles. The molecule has 2 aromatic rings. The highest BCUT2D eigenvalue weighted by Gasteiger charge is 2.33. The molecular weight excluding hydrogens is 430 g/mol. The number of aryl methyl sites for hydroxylation is 1. The van der Waals surface area contributed by atoms with Gasteiger partial charge in [-0.05, 0) is 37.5 Å². The van der Waals surface area contributed by atoms with E-state index < -0.39 is 10.0 Å². The Morgan fingerprint density at radius 3 is 2.52 bits per heavy atom. The van der Waals surface area contributed by atoms with Gasteiger partial charge in [0.2, 0.25) is 15.9 Å². The van der Waals surface area contributed by atoms with Crippen LogP contribution >= 0.6 is 11.8 Å². The Bertz CT molecular complexity index is 1040.